The Morgan fingerprint density at radius 1 is 1.00 bits per heavy atom. The molecular formula is C11H6N2O3S2. The van der Waals surface area contributed by atoms with Crippen LogP contribution in [0.25, 0.3) is 0 Å². The van der Waals surface area contributed by atoms with Gasteiger partial charge in [-0.3, -0.25) is 14.4 Å². The molecule has 0 saturated carbocycles. The van der Waals surface area contributed by atoms with Gasteiger partial charge >= 0.3 is 0 Å². The summed E-state index contributed by atoms with van der Waals surface area (Å²) >= 11 is 6.14. The van der Waals surface area contributed by atoms with Gasteiger partial charge in [0, 0.05) is 0 Å². The zero-order chi connectivity index (χ0) is 12.9. The molecule has 5 nitrogen and oxygen atoms in total. The van der Waals surface area contributed by atoms with Crippen LogP contribution in [-0.4, -0.2) is 37.8 Å². The van der Waals surface area contributed by atoms with Crippen molar-refractivity contribution in [1.82, 2.24) is 10.0 Å². The van der Waals surface area contributed by atoms with E-state index in [-0.39, 0.29) is 16.0 Å². The van der Waals surface area contributed by atoms with E-state index >= 15 is 0 Å². The molecule has 0 bridgehead atoms. The predicted molar refractivity (Wildman–Crippen MR) is 68.8 cm³/mol. The number of fused-ring (bicyclic) bond motifs is 1. The average Bonchev–Trinajstić information content (AvgIpc) is 2.81. The fraction of sp³-hybridized carbons (Fsp3) is 0.0909. The monoisotopic (exact) mass is 278 g/mol. The lowest BCUT2D eigenvalue weighted by molar-refractivity contribution is -0.130. The highest BCUT2D eigenvalue weighted by atomic mass is 32.2. The number of hydrogen-bond donors (Lipinski definition) is 0. The van der Waals surface area contributed by atoms with E-state index < -0.39 is 11.8 Å². The predicted octanol–water partition coefficient (Wildman–Crippen LogP) is 1.06. The number of hydrogen-bond acceptors (Lipinski definition) is 5. The van der Waals surface area contributed by atoms with Gasteiger partial charge in [-0.25, -0.2) is 0 Å². The first-order chi connectivity index (χ1) is 8.61. The maximum Gasteiger partial charge on any atom is 0.281 e. The lowest BCUT2D eigenvalue weighted by Crippen LogP contribution is -2.48. The maximum atomic E-state index is 12.1. The summed E-state index contributed by atoms with van der Waals surface area (Å²) in [5.74, 6) is -1.20. The van der Waals surface area contributed by atoms with Gasteiger partial charge in [-0.05, 0) is 12.1 Å². The number of imide groups is 1. The van der Waals surface area contributed by atoms with E-state index in [0.717, 1.165) is 21.8 Å². The highest BCUT2D eigenvalue weighted by molar-refractivity contribution is 8.23. The van der Waals surface area contributed by atoms with Crippen LogP contribution in [0.4, 0.5) is 0 Å². The second-order valence-corrected chi connectivity index (χ2v) is 5.34. The molecule has 3 rings (SSSR count). The van der Waals surface area contributed by atoms with E-state index in [0.29, 0.717) is 11.1 Å². The van der Waals surface area contributed by atoms with Crippen LogP contribution in [0.1, 0.15) is 20.7 Å². The van der Waals surface area contributed by atoms with Crippen molar-refractivity contribution in [2.24, 2.45) is 0 Å². The third-order valence-electron chi connectivity index (χ3n) is 2.70. The number of benzene rings is 1. The Hall–Kier alpha value is -1.73. The number of thioether (sulfide) groups is 1. The van der Waals surface area contributed by atoms with Crippen LogP contribution in [0.2, 0.25) is 0 Å². The van der Waals surface area contributed by atoms with Gasteiger partial charge in [-0.2, -0.15) is 10.0 Å². The fourth-order valence-electron chi connectivity index (χ4n) is 1.90. The Balaban J connectivity index is 2.07. The number of amides is 3. The summed E-state index contributed by atoms with van der Waals surface area (Å²) in [6, 6.07) is 6.47. The van der Waals surface area contributed by atoms with Crippen molar-refractivity contribution in [1.29, 1.82) is 0 Å². The Morgan fingerprint density at radius 2 is 1.56 bits per heavy atom. The molecular weight excluding hydrogens is 272 g/mol. The quantitative estimate of drug-likeness (QED) is 0.568. The van der Waals surface area contributed by atoms with Gasteiger partial charge in [-0.1, -0.05) is 36.1 Å². The Morgan fingerprint density at radius 3 is 2.00 bits per heavy atom. The number of rotatable bonds is 1. The van der Waals surface area contributed by atoms with Crippen molar-refractivity contribution in [3.05, 3.63) is 35.4 Å². The molecule has 0 N–H and O–H groups in total. The average molecular weight is 278 g/mol. The molecule has 0 atom stereocenters. The van der Waals surface area contributed by atoms with E-state index in [2.05, 4.69) is 0 Å². The molecule has 7 heteroatoms. The Kier molecular flexibility index (Phi) is 2.46. The zero-order valence-corrected chi connectivity index (χ0v) is 10.6. The first kappa shape index (κ1) is 11.4. The number of carbonyl (C=O) groups is 3. The van der Waals surface area contributed by atoms with Crippen molar-refractivity contribution < 1.29 is 14.4 Å². The van der Waals surface area contributed by atoms with Gasteiger partial charge in [0.1, 0.15) is 0 Å². The van der Waals surface area contributed by atoms with Gasteiger partial charge in [0.05, 0.1) is 16.9 Å². The van der Waals surface area contributed by atoms with Crippen molar-refractivity contribution >= 4 is 46.0 Å². The Labute approximate surface area is 112 Å². The Bertz CT molecular complexity index is 563. The van der Waals surface area contributed by atoms with E-state index in [1.54, 1.807) is 24.3 Å². The summed E-state index contributed by atoms with van der Waals surface area (Å²) in [7, 11) is 0. The summed E-state index contributed by atoms with van der Waals surface area (Å²) < 4.78 is 0.231. The maximum absolute atomic E-state index is 12.1. The summed E-state index contributed by atoms with van der Waals surface area (Å²) in [5, 5.41) is 1.82. The molecule has 0 aliphatic carbocycles. The lowest BCUT2D eigenvalue weighted by Gasteiger charge is -2.23. The van der Waals surface area contributed by atoms with E-state index in [1.807, 2.05) is 0 Å². The van der Waals surface area contributed by atoms with E-state index in [1.165, 1.54) is 0 Å². The second kappa shape index (κ2) is 3.89. The molecule has 3 amide bonds. The molecule has 0 unspecified atom stereocenters. The summed E-state index contributed by atoms with van der Waals surface area (Å²) in [4.78, 5) is 35.9. The van der Waals surface area contributed by atoms with Crippen LogP contribution in [0.5, 0.6) is 0 Å². The number of nitrogens with zero attached hydrogens (tertiary/aromatic N) is 2. The van der Waals surface area contributed by atoms with Crippen LogP contribution >= 0.6 is 24.0 Å². The van der Waals surface area contributed by atoms with Crippen molar-refractivity contribution in [3.63, 3.8) is 0 Å². The molecule has 1 aromatic carbocycles. The lowest BCUT2D eigenvalue weighted by atomic mass is 10.1. The highest BCUT2D eigenvalue weighted by Crippen LogP contribution is 2.29. The largest absolute Gasteiger partial charge is 0.281 e. The standard InChI is InChI=1S/C11H6N2O3S2/c14-8-5-18-11(17)12(8)13-9(15)6-3-1-2-4-7(6)10(13)16/h1-4H,5H2. The van der Waals surface area contributed by atoms with Crippen molar-refractivity contribution in [2.45, 2.75) is 0 Å². The second-order valence-electron chi connectivity index (χ2n) is 3.73. The van der Waals surface area contributed by atoms with Crippen LogP contribution in [0.3, 0.4) is 0 Å². The third-order valence-corrected chi connectivity index (χ3v) is 4.04. The first-order valence-corrected chi connectivity index (χ1v) is 6.48. The van der Waals surface area contributed by atoms with Crippen LogP contribution < -0.4 is 0 Å². The van der Waals surface area contributed by atoms with Gasteiger partial charge in [0.2, 0.25) is 0 Å². The van der Waals surface area contributed by atoms with Gasteiger partial charge in [-0.15, -0.1) is 0 Å². The molecule has 0 spiro atoms. The molecule has 0 radical (unpaired) electrons. The normalized spacial score (nSPS) is 18.9. The van der Waals surface area contributed by atoms with Gasteiger partial charge in [0.15, 0.2) is 4.32 Å². The molecule has 0 aromatic heterocycles. The molecule has 1 aromatic rings. The SMILES string of the molecule is O=C1CSC(=S)N1N1C(=O)c2ccccc2C1=O. The summed E-state index contributed by atoms with van der Waals surface area (Å²) in [6.07, 6.45) is 0. The third kappa shape index (κ3) is 1.41. The molecule has 2 heterocycles. The summed E-state index contributed by atoms with van der Waals surface area (Å²) in [5.41, 5.74) is 0.602. The molecule has 1 saturated heterocycles. The first-order valence-electron chi connectivity index (χ1n) is 5.08. The molecule has 2 aliphatic rings. The fourth-order valence-corrected chi connectivity index (χ4v) is 2.93. The van der Waals surface area contributed by atoms with Crippen molar-refractivity contribution in [2.75, 3.05) is 5.75 Å². The minimum Gasteiger partial charge on any atom is -0.272 e. The van der Waals surface area contributed by atoms with E-state index in [9.17, 15) is 14.4 Å². The molecule has 18 heavy (non-hydrogen) atoms. The number of hydrazine groups is 1. The highest BCUT2D eigenvalue weighted by Gasteiger charge is 2.44. The summed E-state index contributed by atoms with van der Waals surface area (Å²) in [6.45, 7) is 0. The van der Waals surface area contributed by atoms with Crippen LogP contribution in [-0.2, 0) is 4.79 Å². The molecule has 2 aliphatic heterocycles. The van der Waals surface area contributed by atoms with E-state index in [4.69, 9.17) is 12.2 Å². The zero-order valence-electron chi connectivity index (χ0n) is 8.95. The topological polar surface area (TPSA) is 57.7 Å². The number of thiocarbonyl (C=S) groups is 1. The van der Waals surface area contributed by atoms with Crippen LogP contribution in [0.15, 0.2) is 24.3 Å². The molecule has 1 fully saturated rings. The number of carbonyl (C=O) groups excluding carboxylic acids is 3. The minimum atomic E-state index is -0.506. The van der Waals surface area contributed by atoms with Crippen molar-refractivity contribution in [3.8, 4) is 0 Å². The minimum absolute atomic E-state index is 0.159. The molecule has 90 valence electrons. The smallest absolute Gasteiger partial charge is 0.272 e. The van der Waals surface area contributed by atoms with Crippen LogP contribution in [0, 0.1) is 0 Å². The van der Waals surface area contributed by atoms with Gasteiger partial charge < -0.3 is 0 Å². The van der Waals surface area contributed by atoms with Gasteiger partial charge in [0.25, 0.3) is 17.7 Å².